The Kier molecular flexibility index (Phi) is 1.76. The highest BCUT2D eigenvalue weighted by Gasteiger charge is 2.56. The van der Waals surface area contributed by atoms with Crippen LogP contribution in [0.2, 0.25) is 0 Å². The third-order valence-electron chi connectivity index (χ3n) is 3.37. The second-order valence-electron chi connectivity index (χ2n) is 3.84. The van der Waals surface area contributed by atoms with Crippen LogP contribution in [0.5, 0.6) is 0 Å². The molecule has 2 rings (SSSR count). The Labute approximate surface area is 76.3 Å². The van der Waals surface area contributed by atoms with Crippen LogP contribution in [0, 0.1) is 11.3 Å². The molecule has 2 aliphatic carbocycles. The number of Topliss-reactive ketones (excluding diaryl/α,β-unsaturated/α-hetero) is 1. The van der Waals surface area contributed by atoms with Gasteiger partial charge in [0.2, 0.25) is 5.24 Å². The predicted molar refractivity (Wildman–Crippen MR) is 44.9 cm³/mol. The molecule has 2 saturated carbocycles. The van der Waals surface area contributed by atoms with Crippen LogP contribution in [-0.2, 0) is 9.59 Å². The van der Waals surface area contributed by atoms with E-state index in [4.69, 9.17) is 11.6 Å². The van der Waals surface area contributed by atoms with Gasteiger partial charge in [0.15, 0.2) is 0 Å². The van der Waals surface area contributed by atoms with Crippen molar-refractivity contribution in [1.82, 2.24) is 0 Å². The van der Waals surface area contributed by atoms with Crippen molar-refractivity contribution in [2.45, 2.75) is 32.1 Å². The quantitative estimate of drug-likeness (QED) is 0.587. The fraction of sp³-hybridized carbons (Fsp3) is 0.778. The van der Waals surface area contributed by atoms with Crippen molar-refractivity contribution >= 4 is 22.6 Å². The van der Waals surface area contributed by atoms with Crippen molar-refractivity contribution in [3.8, 4) is 0 Å². The highest BCUT2D eigenvalue weighted by Crippen LogP contribution is 2.55. The van der Waals surface area contributed by atoms with E-state index in [-0.39, 0.29) is 16.9 Å². The lowest BCUT2D eigenvalue weighted by molar-refractivity contribution is -0.149. The van der Waals surface area contributed by atoms with Crippen LogP contribution in [0.3, 0.4) is 0 Å². The van der Waals surface area contributed by atoms with Gasteiger partial charge in [-0.2, -0.15) is 0 Å². The Morgan fingerprint density at radius 3 is 2.67 bits per heavy atom. The summed E-state index contributed by atoms with van der Waals surface area (Å²) >= 11 is 5.52. The van der Waals surface area contributed by atoms with E-state index in [1.165, 1.54) is 0 Å². The lowest BCUT2D eigenvalue weighted by atomic mass is 9.54. The van der Waals surface area contributed by atoms with Gasteiger partial charge in [-0.1, -0.05) is 0 Å². The molecule has 0 spiro atoms. The average molecular weight is 187 g/mol. The Morgan fingerprint density at radius 2 is 2.25 bits per heavy atom. The van der Waals surface area contributed by atoms with E-state index < -0.39 is 5.41 Å². The first-order valence-electron chi connectivity index (χ1n) is 4.39. The number of hydrogen-bond acceptors (Lipinski definition) is 2. The molecule has 2 atom stereocenters. The minimum absolute atomic E-state index is 0.0313. The van der Waals surface area contributed by atoms with E-state index in [0.717, 1.165) is 25.7 Å². The fourth-order valence-electron chi connectivity index (χ4n) is 2.49. The molecule has 0 aromatic heterocycles. The topological polar surface area (TPSA) is 34.1 Å². The van der Waals surface area contributed by atoms with Gasteiger partial charge in [0, 0.05) is 12.3 Å². The molecule has 3 heteroatoms. The van der Waals surface area contributed by atoms with Crippen molar-refractivity contribution in [2.24, 2.45) is 11.3 Å². The summed E-state index contributed by atoms with van der Waals surface area (Å²) in [6.07, 6.45) is 4.01. The van der Waals surface area contributed by atoms with Gasteiger partial charge < -0.3 is 0 Å². The van der Waals surface area contributed by atoms with Gasteiger partial charge in [-0.3, -0.25) is 9.59 Å². The summed E-state index contributed by atoms with van der Waals surface area (Å²) in [6, 6.07) is 0. The summed E-state index contributed by atoms with van der Waals surface area (Å²) in [5.74, 6) is 0.220. The largest absolute Gasteiger partial charge is 0.299 e. The molecular formula is C9H11ClO2. The first-order valence-corrected chi connectivity index (χ1v) is 4.77. The molecule has 0 aliphatic heterocycles. The number of ketones is 1. The number of carbonyl (C=O) groups excluding carboxylic acids is 2. The normalized spacial score (nSPS) is 40.1. The Balaban J connectivity index is 2.25. The van der Waals surface area contributed by atoms with Gasteiger partial charge in [0.1, 0.15) is 5.78 Å². The smallest absolute Gasteiger partial charge is 0.228 e. The van der Waals surface area contributed by atoms with Crippen LogP contribution >= 0.6 is 11.6 Å². The first kappa shape index (κ1) is 8.24. The van der Waals surface area contributed by atoms with E-state index in [2.05, 4.69) is 0 Å². The van der Waals surface area contributed by atoms with Gasteiger partial charge in [-0.05, 0) is 37.3 Å². The predicted octanol–water partition coefficient (Wildman–Crippen LogP) is 1.90. The maximum atomic E-state index is 11.4. The summed E-state index contributed by atoms with van der Waals surface area (Å²) in [6.45, 7) is 0. The second-order valence-corrected chi connectivity index (χ2v) is 4.18. The summed E-state index contributed by atoms with van der Waals surface area (Å²) in [4.78, 5) is 22.5. The van der Waals surface area contributed by atoms with Gasteiger partial charge in [0.25, 0.3) is 0 Å². The Morgan fingerprint density at radius 1 is 1.50 bits per heavy atom. The zero-order valence-electron chi connectivity index (χ0n) is 6.81. The van der Waals surface area contributed by atoms with E-state index in [0.29, 0.717) is 6.42 Å². The molecule has 0 amide bonds. The van der Waals surface area contributed by atoms with Crippen molar-refractivity contribution in [1.29, 1.82) is 0 Å². The van der Waals surface area contributed by atoms with Crippen LogP contribution in [0.1, 0.15) is 32.1 Å². The Hall–Kier alpha value is -0.370. The Bertz CT molecular complexity index is 247. The SMILES string of the molecule is O=C1CCC[C@@]2(C(=O)Cl)CC[C@@H]12. The standard InChI is InChI=1S/C9H11ClO2/c10-8(12)9-4-1-2-7(11)6(9)3-5-9/h6H,1-5H2/t6-,9+/m0/s1. The van der Waals surface area contributed by atoms with E-state index in [1.54, 1.807) is 0 Å². The van der Waals surface area contributed by atoms with Gasteiger partial charge in [-0.25, -0.2) is 0 Å². The van der Waals surface area contributed by atoms with Crippen LogP contribution < -0.4 is 0 Å². The average Bonchev–Trinajstić information content (AvgIpc) is 1.92. The molecule has 0 bridgehead atoms. The molecule has 0 N–H and O–H groups in total. The van der Waals surface area contributed by atoms with E-state index >= 15 is 0 Å². The molecule has 0 aromatic carbocycles. The molecule has 0 saturated heterocycles. The lowest BCUT2D eigenvalue weighted by Gasteiger charge is -2.48. The van der Waals surface area contributed by atoms with Crippen molar-refractivity contribution in [2.75, 3.05) is 0 Å². The summed E-state index contributed by atoms with van der Waals surface area (Å²) in [5, 5.41) is -0.285. The molecular weight excluding hydrogens is 176 g/mol. The minimum atomic E-state index is -0.434. The summed E-state index contributed by atoms with van der Waals surface area (Å²) in [5.41, 5.74) is -0.434. The van der Waals surface area contributed by atoms with Gasteiger partial charge in [0.05, 0.1) is 5.41 Å². The van der Waals surface area contributed by atoms with E-state index in [1.807, 2.05) is 0 Å². The number of halogens is 1. The monoisotopic (exact) mass is 186 g/mol. The van der Waals surface area contributed by atoms with Crippen LogP contribution in [-0.4, -0.2) is 11.0 Å². The first-order chi connectivity index (χ1) is 5.67. The number of hydrogen-bond donors (Lipinski definition) is 0. The molecule has 12 heavy (non-hydrogen) atoms. The number of rotatable bonds is 1. The highest BCUT2D eigenvalue weighted by molar-refractivity contribution is 6.65. The van der Waals surface area contributed by atoms with Gasteiger partial charge >= 0.3 is 0 Å². The van der Waals surface area contributed by atoms with Crippen molar-refractivity contribution < 1.29 is 9.59 Å². The summed E-state index contributed by atoms with van der Waals surface area (Å²) < 4.78 is 0. The zero-order chi connectivity index (χ0) is 8.77. The summed E-state index contributed by atoms with van der Waals surface area (Å²) in [7, 11) is 0. The molecule has 0 unspecified atom stereocenters. The van der Waals surface area contributed by atoms with Crippen molar-refractivity contribution in [3.63, 3.8) is 0 Å². The number of carbonyl (C=O) groups is 2. The third-order valence-corrected chi connectivity index (χ3v) is 3.75. The maximum absolute atomic E-state index is 11.4. The minimum Gasteiger partial charge on any atom is -0.299 e. The van der Waals surface area contributed by atoms with E-state index in [9.17, 15) is 9.59 Å². The van der Waals surface area contributed by atoms with Gasteiger partial charge in [-0.15, -0.1) is 0 Å². The molecule has 66 valence electrons. The molecule has 0 aromatic rings. The zero-order valence-corrected chi connectivity index (χ0v) is 7.56. The number of fused-ring (bicyclic) bond motifs is 1. The second kappa shape index (κ2) is 2.56. The van der Waals surface area contributed by atoms with Crippen molar-refractivity contribution in [3.05, 3.63) is 0 Å². The lowest BCUT2D eigenvalue weighted by Crippen LogP contribution is -2.51. The third kappa shape index (κ3) is 0.875. The highest BCUT2D eigenvalue weighted by atomic mass is 35.5. The van der Waals surface area contributed by atoms with Crippen LogP contribution in [0.25, 0.3) is 0 Å². The maximum Gasteiger partial charge on any atom is 0.228 e. The molecule has 2 fully saturated rings. The molecule has 0 heterocycles. The molecule has 2 aliphatic rings. The molecule has 2 nitrogen and oxygen atoms in total. The molecule has 0 radical (unpaired) electrons. The van der Waals surface area contributed by atoms with Crippen LogP contribution in [0.4, 0.5) is 0 Å². The fourth-order valence-corrected chi connectivity index (χ4v) is 2.81. The van der Waals surface area contributed by atoms with Crippen LogP contribution in [0.15, 0.2) is 0 Å².